The molecule has 0 radical (unpaired) electrons. The fourth-order valence-electron chi connectivity index (χ4n) is 2.77. The van der Waals surface area contributed by atoms with Gasteiger partial charge in [-0.15, -0.1) is 0 Å². The minimum absolute atomic E-state index is 0.0647. The molecule has 0 saturated heterocycles. The lowest BCUT2D eigenvalue weighted by Gasteiger charge is -2.18. The zero-order valence-corrected chi connectivity index (χ0v) is 13.8. The topological polar surface area (TPSA) is 61.0 Å². The molecule has 0 bridgehead atoms. The SMILES string of the molecule is CC(C)CCN1CNc2c1nc(CCc1ccccc1)[nH]c2=O. The summed E-state index contributed by atoms with van der Waals surface area (Å²) < 4.78 is 0. The highest BCUT2D eigenvalue weighted by Crippen LogP contribution is 2.25. The fraction of sp³-hybridized carbons (Fsp3) is 0.444. The zero-order chi connectivity index (χ0) is 16.2. The van der Waals surface area contributed by atoms with Crippen molar-refractivity contribution in [1.29, 1.82) is 0 Å². The second kappa shape index (κ2) is 6.86. The van der Waals surface area contributed by atoms with Crippen LogP contribution in [0.4, 0.5) is 11.5 Å². The summed E-state index contributed by atoms with van der Waals surface area (Å²) in [5.74, 6) is 2.20. The quantitative estimate of drug-likeness (QED) is 0.861. The Morgan fingerprint density at radius 2 is 2.00 bits per heavy atom. The van der Waals surface area contributed by atoms with Gasteiger partial charge in [0.05, 0.1) is 6.67 Å². The van der Waals surface area contributed by atoms with Crippen LogP contribution in [0, 0.1) is 5.92 Å². The van der Waals surface area contributed by atoms with Gasteiger partial charge in [-0.3, -0.25) is 4.79 Å². The Morgan fingerprint density at radius 3 is 2.74 bits per heavy atom. The van der Waals surface area contributed by atoms with Crippen molar-refractivity contribution in [1.82, 2.24) is 9.97 Å². The number of fused-ring (bicyclic) bond motifs is 1. The van der Waals surface area contributed by atoms with Crippen molar-refractivity contribution in [3.63, 3.8) is 0 Å². The first-order valence-corrected chi connectivity index (χ1v) is 8.29. The number of aryl methyl sites for hydroxylation is 2. The summed E-state index contributed by atoms with van der Waals surface area (Å²) in [6, 6.07) is 10.3. The molecule has 0 amide bonds. The van der Waals surface area contributed by atoms with Crippen LogP contribution in [0.3, 0.4) is 0 Å². The van der Waals surface area contributed by atoms with Gasteiger partial charge in [0.15, 0.2) is 5.82 Å². The third-order valence-electron chi connectivity index (χ3n) is 4.17. The molecular weight excluding hydrogens is 288 g/mol. The Bertz CT molecular complexity index is 709. The molecule has 1 aliphatic rings. The van der Waals surface area contributed by atoms with Crippen molar-refractivity contribution in [2.45, 2.75) is 33.1 Å². The first-order chi connectivity index (χ1) is 11.1. The number of benzene rings is 1. The molecule has 0 atom stereocenters. The Balaban J connectivity index is 1.74. The first kappa shape index (κ1) is 15.6. The maximum atomic E-state index is 12.2. The number of H-pyrrole nitrogens is 1. The van der Waals surface area contributed by atoms with Crippen LogP contribution >= 0.6 is 0 Å². The highest BCUT2D eigenvalue weighted by Gasteiger charge is 2.23. The molecule has 3 rings (SSSR count). The summed E-state index contributed by atoms with van der Waals surface area (Å²) in [6.45, 7) is 6.01. The van der Waals surface area contributed by atoms with Crippen LogP contribution in [-0.2, 0) is 12.8 Å². The van der Waals surface area contributed by atoms with E-state index in [1.807, 2.05) is 18.2 Å². The summed E-state index contributed by atoms with van der Waals surface area (Å²) in [7, 11) is 0. The predicted octanol–water partition coefficient (Wildman–Crippen LogP) is 2.79. The van der Waals surface area contributed by atoms with E-state index < -0.39 is 0 Å². The Labute approximate surface area is 136 Å². The molecule has 1 aliphatic heterocycles. The normalized spacial score (nSPS) is 13.3. The van der Waals surface area contributed by atoms with Crippen LogP contribution in [-0.4, -0.2) is 23.2 Å². The molecule has 0 fully saturated rings. The predicted molar refractivity (Wildman–Crippen MR) is 94.0 cm³/mol. The van der Waals surface area contributed by atoms with Gasteiger partial charge in [-0.05, 0) is 24.3 Å². The van der Waals surface area contributed by atoms with Crippen LogP contribution in [0.1, 0.15) is 31.7 Å². The number of hydrogen-bond donors (Lipinski definition) is 2. The highest BCUT2D eigenvalue weighted by molar-refractivity contribution is 5.69. The van der Waals surface area contributed by atoms with Crippen LogP contribution in [0.15, 0.2) is 35.1 Å². The van der Waals surface area contributed by atoms with Crippen molar-refractivity contribution in [3.8, 4) is 0 Å². The van der Waals surface area contributed by atoms with Crippen molar-refractivity contribution in [2.75, 3.05) is 23.4 Å². The van der Waals surface area contributed by atoms with Gasteiger partial charge < -0.3 is 15.2 Å². The molecule has 0 aliphatic carbocycles. The van der Waals surface area contributed by atoms with E-state index in [0.29, 0.717) is 18.3 Å². The standard InChI is InChI=1S/C18H24N4O/c1-13(2)10-11-22-12-19-16-17(22)20-15(21-18(16)23)9-8-14-6-4-3-5-7-14/h3-7,13,19H,8-12H2,1-2H3,(H,20,21,23). The molecule has 0 unspecified atom stereocenters. The summed E-state index contributed by atoms with van der Waals surface area (Å²) in [5.41, 5.74) is 1.80. The van der Waals surface area contributed by atoms with Gasteiger partial charge in [-0.2, -0.15) is 0 Å². The number of hydrogen-bond acceptors (Lipinski definition) is 4. The van der Waals surface area contributed by atoms with E-state index in [1.54, 1.807) is 0 Å². The number of anilines is 2. The molecule has 1 aromatic carbocycles. The average molecular weight is 312 g/mol. The Kier molecular flexibility index (Phi) is 4.65. The van der Waals surface area contributed by atoms with Crippen LogP contribution in [0.5, 0.6) is 0 Å². The lowest BCUT2D eigenvalue weighted by molar-refractivity contribution is 0.578. The van der Waals surface area contributed by atoms with E-state index in [0.717, 1.165) is 37.4 Å². The fourth-order valence-corrected chi connectivity index (χ4v) is 2.77. The van der Waals surface area contributed by atoms with Crippen molar-refractivity contribution in [2.24, 2.45) is 5.92 Å². The number of rotatable bonds is 6. The number of nitrogens with zero attached hydrogens (tertiary/aromatic N) is 2. The highest BCUT2D eigenvalue weighted by atomic mass is 16.1. The van der Waals surface area contributed by atoms with E-state index in [4.69, 9.17) is 4.98 Å². The van der Waals surface area contributed by atoms with Crippen LogP contribution < -0.4 is 15.8 Å². The average Bonchev–Trinajstić information content (AvgIpc) is 2.95. The summed E-state index contributed by atoms with van der Waals surface area (Å²) in [4.78, 5) is 22.0. The van der Waals surface area contributed by atoms with Gasteiger partial charge >= 0.3 is 0 Å². The monoisotopic (exact) mass is 312 g/mol. The largest absolute Gasteiger partial charge is 0.360 e. The molecule has 5 nitrogen and oxygen atoms in total. The molecule has 122 valence electrons. The molecule has 2 heterocycles. The zero-order valence-electron chi connectivity index (χ0n) is 13.8. The molecule has 0 saturated carbocycles. The smallest absolute Gasteiger partial charge is 0.276 e. The second-order valence-electron chi connectivity index (χ2n) is 6.48. The summed E-state index contributed by atoms with van der Waals surface area (Å²) in [5, 5.41) is 3.16. The van der Waals surface area contributed by atoms with Gasteiger partial charge in [0.2, 0.25) is 0 Å². The Hall–Kier alpha value is -2.30. The summed E-state index contributed by atoms with van der Waals surface area (Å²) in [6.07, 6.45) is 2.71. The van der Waals surface area contributed by atoms with Gasteiger partial charge in [-0.25, -0.2) is 4.98 Å². The Morgan fingerprint density at radius 1 is 1.22 bits per heavy atom. The minimum Gasteiger partial charge on any atom is -0.360 e. The third-order valence-corrected chi connectivity index (χ3v) is 4.17. The van der Waals surface area contributed by atoms with Gasteiger partial charge in [0.1, 0.15) is 11.5 Å². The van der Waals surface area contributed by atoms with Gasteiger partial charge in [0, 0.05) is 13.0 Å². The minimum atomic E-state index is -0.0647. The molecule has 5 heteroatoms. The van der Waals surface area contributed by atoms with Crippen molar-refractivity contribution in [3.05, 3.63) is 52.1 Å². The first-order valence-electron chi connectivity index (χ1n) is 8.29. The second-order valence-corrected chi connectivity index (χ2v) is 6.48. The van der Waals surface area contributed by atoms with Crippen molar-refractivity contribution >= 4 is 11.5 Å². The summed E-state index contributed by atoms with van der Waals surface area (Å²) >= 11 is 0. The maximum Gasteiger partial charge on any atom is 0.276 e. The van der Waals surface area contributed by atoms with Gasteiger partial charge in [-0.1, -0.05) is 44.2 Å². The number of aromatic amines is 1. The lowest BCUT2D eigenvalue weighted by Crippen LogP contribution is -2.25. The third kappa shape index (κ3) is 3.73. The van der Waals surface area contributed by atoms with Gasteiger partial charge in [0.25, 0.3) is 5.56 Å². The molecule has 2 aromatic rings. The molecule has 0 spiro atoms. The molecule has 23 heavy (non-hydrogen) atoms. The van der Waals surface area contributed by atoms with Crippen molar-refractivity contribution < 1.29 is 0 Å². The van der Waals surface area contributed by atoms with E-state index >= 15 is 0 Å². The van der Waals surface area contributed by atoms with E-state index in [1.165, 1.54) is 5.56 Å². The van der Waals surface area contributed by atoms with E-state index in [9.17, 15) is 4.79 Å². The van der Waals surface area contributed by atoms with E-state index in [2.05, 4.69) is 41.2 Å². The molecule has 2 N–H and O–H groups in total. The lowest BCUT2D eigenvalue weighted by atomic mass is 10.1. The number of aromatic nitrogens is 2. The molecular formula is C18H24N4O. The molecule has 1 aromatic heterocycles. The van der Waals surface area contributed by atoms with Crippen LogP contribution in [0.2, 0.25) is 0 Å². The van der Waals surface area contributed by atoms with Crippen LogP contribution in [0.25, 0.3) is 0 Å². The number of nitrogens with one attached hydrogen (secondary N) is 2. The maximum absolute atomic E-state index is 12.2. The van der Waals surface area contributed by atoms with E-state index in [-0.39, 0.29) is 5.56 Å².